The number of ether oxygens (including phenoxy) is 1. The fourth-order valence-electron chi connectivity index (χ4n) is 3.29. The minimum absolute atomic E-state index is 0.0519. The third-order valence-corrected chi connectivity index (χ3v) is 6.73. The van der Waals surface area contributed by atoms with Crippen molar-refractivity contribution in [2.75, 3.05) is 13.2 Å². The van der Waals surface area contributed by atoms with E-state index >= 15 is 0 Å². The second kappa shape index (κ2) is 8.33. The van der Waals surface area contributed by atoms with Gasteiger partial charge in [-0.25, -0.2) is 4.98 Å². The Morgan fingerprint density at radius 3 is 2.81 bits per heavy atom. The average Bonchev–Trinajstić information content (AvgIpc) is 3.44. The summed E-state index contributed by atoms with van der Waals surface area (Å²) < 4.78 is 5.79. The van der Waals surface area contributed by atoms with E-state index in [1.54, 1.807) is 11.3 Å². The molecular formula is C21H22N2O2S2. The van der Waals surface area contributed by atoms with Gasteiger partial charge in [0.1, 0.15) is 9.88 Å². The standard InChI is InChI=1S/C21H22N2O2S2/c1-15-19(27-20(22-15)16-7-3-2-4-8-16)21(24)23(13-17-9-5-11-25-17)14-18-10-6-12-26-18/h2-4,6-8,10,12,17H,5,9,11,13-14H2,1H3. The van der Waals surface area contributed by atoms with Gasteiger partial charge in [-0.15, -0.1) is 22.7 Å². The summed E-state index contributed by atoms with van der Waals surface area (Å²) in [6.07, 6.45) is 2.23. The van der Waals surface area contributed by atoms with Gasteiger partial charge in [0.25, 0.3) is 5.91 Å². The number of thiophene rings is 1. The molecule has 0 aliphatic carbocycles. The molecule has 1 fully saturated rings. The van der Waals surface area contributed by atoms with Crippen molar-refractivity contribution in [1.82, 2.24) is 9.88 Å². The summed E-state index contributed by atoms with van der Waals surface area (Å²) in [6.45, 7) is 3.97. The van der Waals surface area contributed by atoms with Crippen LogP contribution in [-0.4, -0.2) is 35.0 Å². The summed E-state index contributed by atoms with van der Waals surface area (Å²) in [4.78, 5) is 21.9. The number of hydrogen-bond acceptors (Lipinski definition) is 5. The number of aryl methyl sites for hydroxylation is 1. The van der Waals surface area contributed by atoms with Crippen molar-refractivity contribution >= 4 is 28.6 Å². The Morgan fingerprint density at radius 2 is 2.11 bits per heavy atom. The Morgan fingerprint density at radius 1 is 1.26 bits per heavy atom. The van der Waals surface area contributed by atoms with Gasteiger partial charge in [-0.2, -0.15) is 0 Å². The third-order valence-electron chi connectivity index (χ3n) is 4.67. The van der Waals surface area contributed by atoms with Crippen molar-refractivity contribution in [2.45, 2.75) is 32.4 Å². The number of carbonyl (C=O) groups is 1. The highest BCUT2D eigenvalue weighted by molar-refractivity contribution is 7.17. The van der Waals surface area contributed by atoms with Crippen LogP contribution in [0.15, 0.2) is 47.8 Å². The zero-order valence-corrected chi connectivity index (χ0v) is 16.9. The van der Waals surface area contributed by atoms with E-state index in [-0.39, 0.29) is 12.0 Å². The maximum absolute atomic E-state index is 13.4. The molecule has 1 saturated heterocycles. The number of aromatic nitrogens is 1. The lowest BCUT2D eigenvalue weighted by Crippen LogP contribution is -2.36. The zero-order chi connectivity index (χ0) is 18.6. The quantitative estimate of drug-likeness (QED) is 0.587. The van der Waals surface area contributed by atoms with Crippen molar-refractivity contribution in [3.05, 3.63) is 63.3 Å². The molecule has 0 radical (unpaired) electrons. The predicted molar refractivity (Wildman–Crippen MR) is 110 cm³/mol. The van der Waals surface area contributed by atoms with E-state index in [0.29, 0.717) is 13.1 Å². The van der Waals surface area contributed by atoms with E-state index in [4.69, 9.17) is 4.74 Å². The van der Waals surface area contributed by atoms with Crippen LogP contribution in [-0.2, 0) is 11.3 Å². The molecule has 140 valence electrons. The van der Waals surface area contributed by atoms with Crippen molar-refractivity contribution in [3.63, 3.8) is 0 Å². The number of rotatable bonds is 6. The van der Waals surface area contributed by atoms with Crippen LogP contribution in [0.25, 0.3) is 10.6 Å². The molecular weight excluding hydrogens is 376 g/mol. The first-order valence-corrected chi connectivity index (χ1v) is 10.9. The molecule has 0 bridgehead atoms. The number of benzene rings is 1. The highest BCUT2D eigenvalue weighted by Gasteiger charge is 2.26. The molecule has 0 spiro atoms. The lowest BCUT2D eigenvalue weighted by molar-refractivity contribution is 0.0512. The minimum atomic E-state index is 0.0519. The lowest BCUT2D eigenvalue weighted by atomic mass is 10.2. The largest absolute Gasteiger partial charge is 0.376 e. The molecule has 3 heterocycles. The summed E-state index contributed by atoms with van der Waals surface area (Å²) in [5.74, 6) is 0.0519. The van der Waals surface area contributed by atoms with Gasteiger partial charge in [-0.1, -0.05) is 36.4 Å². The molecule has 1 aliphatic heterocycles. The lowest BCUT2D eigenvalue weighted by Gasteiger charge is -2.24. The molecule has 3 aromatic rings. The van der Waals surface area contributed by atoms with E-state index in [2.05, 4.69) is 16.4 Å². The summed E-state index contributed by atoms with van der Waals surface area (Å²) in [7, 11) is 0. The van der Waals surface area contributed by atoms with Crippen LogP contribution in [0.2, 0.25) is 0 Å². The van der Waals surface area contributed by atoms with Gasteiger partial charge in [-0.05, 0) is 31.2 Å². The molecule has 1 aliphatic rings. The predicted octanol–water partition coefficient (Wildman–Crippen LogP) is 5.00. The number of nitrogens with zero attached hydrogens (tertiary/aromatic N) is 2. The van der Waals surface area contributed by atoms with Crippen molar-refractivity contribution in [1.29, 1.82) is 0 Å². The first-order chi connectivity index (χ1) is 13.2. The van der Waals surface area contributed by atoms with Gasteiger partial charge in [0.15, 0.2) is 0 Å². The maximum Gasteiger partial charge on any atom is 0.266 e. The SMILES string of the molecule is Cc1nc(-c2ccccc2)sc1C(=O)N(Cc1cccs1)CC1CCCO1. The first-order valence-electron chi connectivity index (χ1n) is 9.17. The fraction of sp³-hybridized carbons (Fsp3) is 0.333. The van der Waals surface area contributed by atoms with Crippen molar-refractivity contribution in [3.8, 4) is 10.6 Å². The van der Waals surface area contributed by atoms with Gasteiger partial charge >= 0.3 is 0 Å². The van der Waals surface area contributed by atoms with E-state index in [1.807, 2.05) is 48.2 Å². The van der Waals surface area contributed by atoms with Crippen LogP contribution in [0.1, 0.15) is 33.1 Å². The Hall–Kier alpha value is -2.02. The van der Waals surface area contributed by atoms with Crippen LogP contribution >= 0.6 is 22.7 Å². The number of hydrogen-bond donors (Lipinski definition) is 0. The minimum Gasteiger partial charge on any atom is -0.376 e. The number of thiazole rings is 1. The summed E-state index contributed by atoms with van der Waals surface area (Å²) in [6, 6.07) is 14.1. The van der Waals surface area contributed by atoms with Crippen LogP contribution in [0.4, 0.5) is 0 Å². The highest BCUT2D eigenvalue weighted by Crippen LogP contribution is 2.29. The molecule has 1 amide bonds. The second-order valence-corrected chi connectivity index (χ2v) is 8.73. The molecule has 6 heteroatoms. The topological polar surface area (TPSA) is 42.4 Å². The molecule has 27 heavy (non-hydrogen) atoms. The molecule has 1 atom stereocenters. The molecule has 4 nitrogen and oxygen atoms in total. The fourth-order valence-corrected chi connectivity index (χ4v) is 5.05. The Balaban J connectivity index is 1.59. The van der Waals surface area contributed by atoms with Crippen LogP contribution in [0, 0.1) is 6.92 Å². The summed E-state index contributed by atoms with van der Waals surface area (Å²) in [5.41, 5.74) is 1.85. The van der Waals surface area contributed by atoms with E-state index in [1.165, 1.54) is 16.2 Å². The van der Waals surface area contributed by atoms with E-state index in [0.717, 1.165) is 40.6 Å². The Bertz CT molecular complexity index is 884. The normalized spacial score (nSPS) is 16.6. The smallest absolute Gasteiger partial charge is 0.266 e. The monoisotopic (exact) mass is 398 g/mol. The van der Waals surface area contributed by atoms with Crippen LogP contribution < -0.4 is 0 Å². The molecule has 2 aromatic heterocycles. The van der Waals surface area contributed by atoms with Crippen LogP contribution in [0.3, 0.4) is 0 Å². The number of carbonyl (C=O) groups excluding carboxylic acids is 1. The molecule has 0 saturated carbocycles. The average molecular weight is 399 g/mol. The van der Waals surface area contributed by atoms with Gasteiger partial charge in [-0.3, -0.25) is 4.79 Å². The van der Waals surface area contributed by atoms with Gasteiger partial charge in [0.05, 0.1) is 18.3 Å². The molecule has 4 rings (SSSR count). The summed E-state index contributed by atoms with van der Waals surface area (Å²) in [5, 5.41) is 2.94. The van der Waals surface area contributed by atoms with Gasteiger partial charge < -0.3 is 9.64 Å². The molecule has 0 N–H and O–H groups in total. The van der Waals surface area contributed by atoms with Gasteiger partial charge in [0.2, 0.25) is 0 Å². The number of amides is 1. The van der Waals surface area contributed by atoms with E-state index < -0.39 is 0 Å². The van der Waals surface area contributed by atoms with E-state index in [9.17, 15) is 4.79 Å². The Labute approximate surface area is 167 Å². The van der Waals surface area contributed by atoms with Crippen LogP contribution in [0.5, 0.6) is 0 Å². The van der Waals surface area contributed by atoms with Crippen molar-refractivity contribution < 1.29 is 9.53 Å². The maximum atomic E-state index is 13.4. The first kappa shape index (κ1) is 18.3. The highest BCUT2D eigenvalue weighted by atomic mass is 32.1. The van der Waals surface area contributed by atoms with Crippen molar-refractivity contribution in [2.24, 2.45) is 0 Å². The molecule has 1 aromatic carbocycles. The zero-order valence-electron chi connectivity index (χ0n) is 15.3. The van der Waals surface area contributed by atoms with Gasteiger partial charge in [0, 0.05) is 23.6 Å². The summed E-state index contributed by atoms with van der Waals surface area (Å²) >= 11 is 3.16. The second-order valence-electron chi connectivity index (χ2n) is 6.70. The Kier molecular flexibility index (Phi) is 5.66. The third kappa shape index (κ3) is 4.29. The molecule has 1 unspecified atom stereocenters.